The van der Waals surface area contributed by atoms with Crippen molar-refractivity contribution in [2.45, 2.75) is 13.0 Å². The van der Waals surface area contributed by atoms with Gasteiger partial charge in [0.25, 0.3) is 5.91 Å². The van der Waals surface area contributed by atoms with Gasteiger partial charge in [0.15, 0.2) is 0 Å². The Morgan fingerprint density at radius 1 is 1.26 bits per heavy atom. The highest BCUT2D eigenvalue weighted by Gasteiger charge is 2.25. The minimum absolute atomic E-state index is 0.120. The molecule has 27 heavy (non-hydrogen) atoms. The number of hydrogen-bond acceptors (Lipinski definition) is 4. The standard InChI is InChI=1S/C21H16N4OS/c26-21(15-2-1-6-22-11-15)23-10-13-3-4-14-9-18-19(16-5-7-27-12-16)24-25-20(18)17(14)8-13/h1-8,11-12H,9-10H2,(H,23,26)(H,24,25). The highest BCUT2D eigenvalue weighted by Crippen LogP contribution is 2.40. The minimum Gasteiger partial charge on any atom is -0.348 e. The summed E-state index contributed by atoms with van der Waals surface area (Å²) < 4.78 is 0. The van der Waals surface area contributed by atoms with Crippen molar-refractivity contribution in [2.75, 3.05) is 0 Å². The highest BCUT2D eigenvalue weighted by molar-refractivity contribution is 7.08. The second-order valence-corrected chi connectivity index (χ2v) is 7.31. The van der Waals surface area contributed by atoms with Crippen LogP contribution in [0.3, 0.4) is 0 Å². The van der Waals surface area contributed by atoms with E-state index in [-0.39, 0.29) is 5.91 Å². The van der Waals surface area contributed by atoms with Crippen LogP contribution in [-0.2, 0) is 13.0 Å². The molecule has 5 rings (SSSR count). The van der Waals surface area contributed by atoms with Gasteiger partial charge in [-0.2, -0.15) is 16.4 Å². The summed E-state index contributed by atoms with van der Waals surface area (Å²) in [5.41, 5.74) is 8.62. The van der Waals surface area contributed by atoms with E-state index in [0.717, 1.165) is 28.9 Å². The molecule has 0 bridgehead atoms. The number of benzene rings is 1. The Morgan fingerprint density at radius 2 is 2.22 bits per heavy atom. The molecule has 0 fully saturated rings. The lowest BCUT2D eigenvalue weighted by Gasteiger charge is -2.07. The monoisotopic (exact) mass is 372 g/mol. The average Bonchev–Trinajstić information content (AvgIpc) is 3.43. The second kappa shape index (κ2) is 6.48. The van der Waals surface area contributed by atoms with Gasteiger partial charge in [0.05, 0.1) is 17.0 Å². The number of nitrogens with zero attached hydrogens (tertiary/aromatic N) is 2. The Hall–Kier alpha value is -3.25. The van der Waals surface area contributed by atoms with Gasteiger partial charge in [-0.3, -0.25) is 14.9 Å². The lowest BCUT2D eigenvalue weighted by molar-refractivity contribution is 0.0950. The lowest BCUT2D eigenvalue weighted by atomic mass is 10.1. The van der Waals surface area contributed by atoms with E-state index in [2.05, 4.69) is 55.5 Å². The van der Waals surface area contributed by atoms with Crippen LogP contribution in [0.4, 0.5) is 0 Å². The third-order valence-electron chi connectivity index (χ3n) is 4.85. The lowest BCUT2D eigenvalue weighted by Crippen LogP contribution is -2.22. The number of thiophene rings is 1. The van der Waals surface area contributed by atoms with Crippen LogP contribution in [0.2, 0.25) is 0 Å². The van der Waals surface area contributed by atoms with E-state index in [1.54, 1.807) is 35.9 Å². The number of amides is 1. The first-order valence-electron chi connectivity index (χ1n) is 8.70. The van der Waals surface area contributed by atoms with Gasteiger partial charge in [-0.15, -0.1) is 0 Å². The number of carbonyl (C=O) groups excluding carboxylic acids is 1. The Labute approximate surface area is 160 Å². The molecule has 3 heterocycles. The van der Waals surface area contributed by atoms with Crippen LogP contribution >= 0.6 is 11.3 Å². The van der Waals surface area contributed by atoms with E-state index in [4.69, 9.17) is 0 Å². The molecule has 1 aliphatic carbocycles. The van der Waals surface area contributed by atoms with Gasteiger partial charge < -0.3 is 5.32 Å². The fourth-order valence-corrected chi connectivity index (χ4v) is 4.13. The van der Waals surface area contributed by atoms with Crippen LogP contribution in [0.15, 0.2) is 59.6 Å². The Morgan fingerprint density at radius 3 is 3.04 bits per heavy atom. The van der Waals surface area contributed by atoms with Crippen LogP contribution in [0.1, 0.15) is 27.0 Å². The van der Waals surface area contributed by atoms with Crippen molar-refractivity contribution in [3.8, 4) is 22.5 Å². The zero-order valence-corrected chi connectivity index (χ0v) is 15.2. The Kier molecular flexibility index (Phi) is 3.83. The normalized spacial score (nSPS) is 11.9. The molecule has 3 aromatic heterocycles. The van der Waals surface area contributed by atoms with Gasteiger partial charge >= 0.3 is 0 Å². The van der Waals surface area contributed by atoms with Gasteiger partial charge in [0.2, 0.25) is 0 Å². The topological polar surface area (TPSA) is 70.7 Å². The van der Waals surface area contributed by atoms with Crippen LogP contribution in [0.5, 0.6) is 0 Å². The third-order valence-corrected chi connectivity index (χ3v) is 5.53. The molecule has 4 aromatic rings. The number of nitrogens with one attached hydrogen (secondary N) is 2. The molecule has 0 radical (unpaired) electrons. The fourth-order valence-electron chi connectivity index (χ4n) is 3.49. The van der Waals surface area contributed by atoms with E-state index in [0.29, 0.717) is 12.1 Å². The fraction of sp³-hybridized carbons (Fsp3) is 0.0952. The number of fused-ring (bicyclic) bond motifs is 3. The van der Waals surface area contributed by atoms with E-state index in [1.165, 1.54) is 16.7 Å². The quantitative estimate of drug-likeness (QED) is 0.500. The molecule has 1 amide bonds. The van der Waals surface area contributed by atoms with E-state index in [1.807, 2.05) is 0 Å². The van der Waals surface area contributed by atoms with Crippen LogP contribution in [-0.4, -0.2) is 21.1 Å². The molecule has 2 N–H and O–H groups in total. The third kappa shape index (κ3) is 2.84. The maximum absolute atomic E-state index is 12.2. The van der Waals surface area contributed by atoms with Crippen molar-refractivity contribution in [2.24, 2.45) is 0 Å². The molecule has 5 nitrogen and oxygen atoms in total. The summed E-state index contributed by atoms with van der Waals surface area (Å²) in [4.78, 5) is 16.2. The van der Waals surface area contributed by atoms with Gasteiger partial charge in [-0.05, 0) is 40.8 Å². The first-order valence-corrected chi connectivity index (χ1v) is 9.64. The van der Waals surface area contributed by atoms with E-state index >= 15 is 0 Å². The summed E-state index contributed by atoms with van der Waals surface area (Å²) in [5, 5.41) is 14.9. The largest absolute Gasteiger partial charge is 0.348 e. The number of pyridine rings is 1. The summed E-state index contributed by atoms with van der Waals surface area (Å²) in [5.74, 6) is -0.120. The maximum atomic E-state index is 12.2. The smallest absolute Gasteiger partial charge is 0.253 e. The van der Waals surface area contributed by atoms with Crippen molar-refractivity contribution in [1.29, 1.82) is 0 Å². The molecular formula is C21H16N4OS. The summed E-state index contributed by atoms with van der Waals surface area (Å²) in [6.45, 7) is 0.474. The molecule has 0 saturated carbocycles. The second-order valence-electron chi connectivity index (χ2n) is 6.53. The molecule has 0 atom stereocenters. The summed E-state index contributed by atoms with van der Waals surface area (Å²) in [7, 11) is 0. The Balaban J connectivity index is 1.38. The van der Waals surface area contributed by atoms with Gasteiger partial charge in [-0.25, -0.2) is 0 Å². The van der Waals surface area contributed by atoms with Crippen molar-refractivity contribution in [3.63, 3.8) is 0 Å². The zero-order valence-electron chi connectivity index (χ0n) is 14.4. The highest BCUT2D eigenvalue weighted by atomic mass is 32.1. The van der Waals surface area contributed by atoms with Crippen LogP contribution in [0, 0.1) is 0 Å². The number of H-pyrrole nitrogens is 1. The molecule has 132 valence electrons. The van der Waals surface area contributed by atoms with Gasteiger partial charge in [-0.1, -0.05) is 12.1 Å². The molecule has 1 aromatic carbocycles. The van der Waals surface area contributed by atoms with E-state index in [9.17, 15) is 4.79 Å². The first kappa shape index (κ1) is 16.0. The van der Waals surface area contributed by atoms with Crippen molar-refractivity contribution in [3.05, 3.63) is 81.8 Å². The summed E-state index contributed by atoms with van der Waals surface area (Å²) in [6, 6.07) is 12.0. The number of aromatic nitrogens is 3. The van der Waals surface area contributed by atoms with Crippen LogP contribution < -0.4 is 5.32 Å². The molecule has 0 saturated heterocycles. The maximum Gasteiger partial charge on any atom is 0.253 e. The van der Waals surface area contributed by atoms with Crippen molar-refractivity contribution in [1.82, 2.24) is 20.5 Å². The van der Waals surface area contributed by atoms with Gasteiger partial charge in [0.1, 0.15) is 0 Å². The molecule has 1 aliphatic rings. The zero-order chi connectivity index (χ0) is 18.2. The molecule has 0 spiro atoms. The molecule has 6 heteroatoms. The first-order chi connectivity index (χ1) is 13.3. The van der Waals surface area contributed by atoms with Crippen molar-refractivity contribution < 1.29 is 4.79 Å². The molecule has 0 aliphatic heterocycles. The minimum atomic E-state index is -0.120. The summed E-state index contributed by atoms with van der Waals surface area (Å²) >= 11 is 1.68. The number of rotatable bonds is 4. The number of carbonyl (C=O) groups is 1. The SMILES string of the molecule is O=C(NCc1ccc2c(c1)-c1[nH]nc(-c3ccsc3)c1C2)c1cccnc1. The summed E-state index contributed by atoms with van der Waals surface area (Å²) in [6.07, 6.45) is 4.11. The van der Waals surface area contributed by atoms with Crippen LogP contribution in [0.25, 0.3) is 22.5 Å². The Bertz CT molecular complexity index is 1120. The van der Waals surface area contributed by atoms with Gasteiger partial charge in [0, 0.05) is 47.4 Å². The molecular weight excluding hydrogens is 356 g/mol. The van der Waals surface area contributed by atoms with E-state index < -0.39 is 0 Å². The average molecular weight is 372 g/mol. The van der Waals surface area contributed by atoms with Crippen molar-refractivity contribution >= 4 is 17.2 Å². The predicted octanol–water partition coefficient (Wildman–Crippen LogP) is 4.03. The predicted molar refractivity (Wildman–Crippen MR) is 106 cm³/mol. The number of aromatic amines is 1. The molecule has 0 unspecified atom stereocenters. The number of hydrogen-bond donors (Lipinski definition) is 2.